The first-order chi connectivity index (χ1) is 12.0. The van der Waals surface area contributed by atoms with E-state index in [-0.39, 0.29) is 11.7 Å². The van der Waals surface area contributed by atoms with Crippen molar-refractivity contribution in [3.8, 4) is 5.75 Å². The molecule has 0 atom stereocenters. The molecule has 25 heavy (non-hydrogen) atoms. The molecule has 1 aliphatic heterocycles. The quantitative estimate of drug-likeness (QED) is 0.910. The van der Waals surface area contributed by atoms with E-state index in [0.29, 0.717) is 35.7 Å². The minimum atomic E-state index is -3.25. The molecule has 132 valence electrons. The van der Waals surface area contributed by atoms with Crippen LogP contribution >= 0.6 is 0 Å². The van der Waals surface area contributed by atoms with Crippen molar-refractivity contribution in [3.63, 3.8) is 0 Å². The van der Waals surface area contributed by atoms with Crippen molar-refractivity contribution in [3.05, 3.63) is 54.1 Å². The van der Waals surface area contributed by atoms with E-state index in [0.717, 1.165) is 6.42 Å². The molecule has 0 spiro atoms. The van der Waals surface area contributed by atoms with Gasteiger partial charge < -0.3 is 10.1 Å². The summed E-state index contributed by atoms with van der Waals surface area (Å²) >= 11 is 0. The summed E-state index contributed by atoms with van der Waals surface area (Å²) in [4.78, 5) is 12.3. The summed E-state index contributed by atoms with van der Waals surface area (Å²) in [5.74, 6) is 0.565. The number of benzene rings is 2. The van der Waals surface area contributed by atoms with E-state index >= 15 is 0 Å². The summed E-state index contributed by atoms with van der Waals surface area (Å²) in [5.41, 5.74) is 1.69. The van der Waals surface area contributed by atoms with Crippen molar-refractivity contribution < 1.29 is 17.9 Å². The molecular formula is C18H20N2O4S. The molecule has 1 N–H and O–H groups in total. The van der Waals surface area contributed by atoms with Gasteiger partial charge in [0.1, 0.15) is 5.75 Å². The summed E-state index contributed by atoms with van der Waals surface area (Å²) in [6.45, 7) is 0.484. The SMILES string of the molecule is COc1cccc(NC(=O)c2ccc(N3CCCCS3(=O)=O)cc2)c1. The lowest BCUT2D eigenvalue weighted by Crippen LogP contribution is -2.37. The Morgan fingerprint density at radius 1 is 1.12 bits per heavy atom. The fraction of sp³-hybridized carbons (Fsp3) is 0.278. The number of carbonyl (C=O) groups is 1. The van der Waals surface area contributed by atoms with Crippen LogP contribution in [-0.2, 0) is 10.0 Å². The predicted octanol–water partition coefficient (Wildman–Crippen LogP) is 2.88. The summed E-state index contributed by atoms with van der Waals surface area (Å²) in [5, 5.41) is 2.80. The smallest absolute Gasteiger partial charge is 0.255 e. The molecule has 0 radical (unpaired) electrons. The topological polar surface area (TPSA) is 75.7 Å². The van der Waals surface area contributed by atoms with Gasteiger partial charge in [-0.25, -0.2) is 8.42 Å². The Bertz CT molecular complexity index is 863. The van der Waals surface area contributed by atoms with E-state index in [1.807, 2.05) is 0 Å². The standard InChI is InChI=1S/C18H20N2O4S/c1-24-17-6-4-5-15(13-17)19-18(21)14-7-9-16(10-8-14)20-11-2-3-12-25(20,22)23/h4-10,13H,2-3,11-12H2,1H3,(H,19,21). The van der Waals surface area contributed by atoms with Crippen molar-refractivity contribution in [2.45, 2.75) is 12.8 Å². The van der Waals surface area contributed by atoms with Crippen molar-refractivity contribution in [1.82, 2.24) is 0 Å². The second-order valence-electron chi connectivity index (χ2n) is 5.83. The number of rotatable bonds is 4. The van der Waals surface area contributed by atoms with Gasteiger partial charge in [0.15, 0.2) is 0 Å². The number of sulfonamides is 1. The normalized spacial score (nSPS) is 16.3. The second-order valence-corrected chi connectivity index (χ2v) is 7.84. The van der Waals surface area contributed by atoms with Crippen molar-refractivity contribution in [2.24, 2.45) is 0 Å². The molecule has 0 unspecified atom stereocenters. The van der Waals surface area contributed by atoms with Crippen LogP contribution < -0.4 is 14.4 Å². The highest BCUT2D eigenvalue weighted by molar-refractivity contribution is 7.92. The minimum Gasteiger partial charge on any atom is -0.497 e. The molecule has 0 saturated carbocycles. The largest absolute Gasteiger partial charge is 0.497 e. The van der Waals surface area contributed by atoms with Crippen LogP contribution in [0.1, 0.15) is 23.2 Å². The molecule has 0 bridgehead atoms. The first kappa shape index (κ1) is 17.3. The van der Waals surface area contributed by atoms with Crippen LogP contribution in [0.5, 0.6) is 5.75 Å². The summed E-state index contributed by atoms with van der Waals surface area (Å²) < 4.78 is 30.8. The Balaban J connectivity index is 1.74. The van der Waals surface area contributed by atoms with Gasteiger partial charge >= 0.3 is 0 Å². The number of amides is 1. The average Bonchev–Trinajstić information content (AvgIpc) is 2.61. The maximum Gasteiger partial charge on any atom is 0.255 e. The molecule has 3 rings (SSSR count). The zero-order valence-electron chi connectivity index (χ0n) is 13.9. The van der Waals surface area contributed by atoms with E-state index in [1.54, 1.807) is 55.6 Å². The lowest BCUT2D eigenvalue weighted by molar-refractivity contribution is 0.102. The van der Waals surface area contributed by atoms with E-state index in [4.69, 9.17) is 4.74 Å². The second kappa shape index (κ2) is 7.14. The van der Waals surface area contributed by atoms with Gasteiger partial charge in [-0.2, -0.15) is 0 Å². The van der Waals surface area contributed by atoms with E-state index in [1.165, 1.54) is 4.31 Å². The molecular weight excluding hydrogens is 340 g/mol. The number of nitrogens with zero attached hydrogens (tertiary/aromatic N) is 1. The fourth-order valence-corrected chi connectivity index (χ4v) is 4.40. The third-order valence-corrected chi connectivity index (χ3v) is 5.96. The first-order valence-electron chi connectivity index (χ1n) is 8.05. The maximum absolute atomic E-state index is 12.3. The molecule has 7 heteroatoms. The fourth-order valence-electron chi connectivity index (χ4n) is 2.76. The van der Waals surface area contributed by atoms with Gasteiger partial charge in [0.05, 0.1) is 18.6 Å². The first-order valence-corrected chi connectivity index (χ1v) is 9.66. The molecule has 1 aliphatic rings. The van der Waals surface area contributed by atoms with Crippen molar-refractivity contribution in [1.29, 1.82) is 0 Å². The molecule has 1 amide bonds. The van der Waals surface area contributed by atoms with Gasteiger partial charge in [0.25, 0.3) is 5.91 Å². The Kier molecular flexibility index (Phi) is 4.94. The minimum absolute atomic E-state index is 0.172. The van der Waals surface area contributed by atoms with Gasteiger partial charge in [-0.1, -0.05) is 6.07 Å². The summed E-state index contributed by atoms with van der Waals surface area (Å²) in [6, 6.07) is 13.7. The molecule has 1 heterocycles. The molecule has 6 nitrogen and oxygen atoms in total. The van der Waals surface area contributed by atoms with Crippen LogP contribution in [0.3, 0.4) is 0 Å². The highest BCUT2D eigenvalue weighted by Gasteiger charge is 2.25. The van der Waals surface area contributed by atoms with Crippen LogP contribution in [-0.4, -0.2) is 33.7 Å². The lowest BCUT2D eigenvalue weighted by atomic mass is 10.2. The number of nitrogens with one attached hydrogen (secondary N) is 1. The van der Waals surface area contributed by atoms with Crippen molar-refractivity contribution >= 4 is 27.3 Å². The van der Waals surface area contributed by atoms with Gasteiger partial charge in [0.2, 0.25) is 10.0 Å². The molecule has 2 aromatic rings. The Hall–Kier alpha value is -2.54. The summed E-state index contributed by atoms with van der Waals surface area (Å²) in [6.07, 6.45) is 1.54. The van der Waals surface area contributed by atoms with E-state index in [2.05, 4.69) is 5.32 Å². The molecule has 1 fully saturated rings. The maximum atomic E-state index is 12.3. The highest BCUT2D eigenvalue weighted by Crippen LogP contribution is 2.24. The lowest BCUT2D eigenvalue weighted by Gasteiger charge is -2.28. The van der Waals surface area contributed by atoms with Crippen LogP contribution in [0.25, 0.3) is 0 Å². The molecule has 0 aliphatic carbocycles. The van der Waals surface area contributed by atoms with Gasteiger partial charge in [-0.3, -0.25) is 9.10 Å². The van der Waals surface area contributed by atoms with Gasteiger partial charge in [0, 0.05) is 23.9 Å². The number of methoxy groups -OCH3 is 1. The van der Waals surface area contributed by atoms with Crippen LogP contribution in [0.15, 0.2) is 48.5 Å². The summed E-state index contributed by atoms with van der Waals surface area (Å²) in [7, 11) is -1.68. The number of anilines is 2. The third kappa shape index (κ3) is 3.93. The Morgan fingerprint density at radius 2 is 1.88 bits per heavy atom. The predicted molar refractivity (Wildman–Crippen MR) is 97.8 cm³/mol. The van der Waals surface area contributed by atoms with Gasteiger partial charge in [-0.05, 0) is 49.2 Å². The average molecular weight is 360 g/mol. The molecule has 0 aromatic heterocycles. The molecule has 2 aromatic carbocycles. The van der Waals surface area contributed by atoms with E-state index in [9.17, 15) is 13.2 Å². The van der Waals surface area contributed by atoms with Crippen LogP contribution in [0.4, 0.5) is 11.4 Å². The number of hydrogen-bond donors (Lipinski definition) is 1. The number of carbonyl (C=O) groups excluding carboxylic acids is 1. The molecule has 1 saturated heterocycles. The Labute approximate surface area is 147 Å². The highest BCUT2D eigenvalue weighted by atomic mass is 32.2. The number of hydrogen-bond acceptors (Lipinski definition) is 4. The monoisotopic (exact) mass is 360 g/mol. The zero-order chi connectivity index (χ0) is 17.9. The van der Waals surface area contributed by atoms with Gasteiger partial charge in [-0.15, -0.1) is 0 Å². The van der Waals surface area contributed by atoms with Crippen molar-refractivity contribution in [2.75, 3.05) is 29.0 Å². The third-order valence-electron chi connectivity index (χ3n) is 4.09. The zero-order valence-corrected chi connectivity index (χ0v) is 14.8. The van der Waals surface area contributed by atoms with Crippen LogP contribution in [0, 0.1) is 0 Å². The number of ether oxygens (including phenoxy) is 1. The van der Waals surface area contributed by atoms with E-state index < -0.39 is 10.0 Å². The van der Waals surface area contributed by atoms with Crippen LogP contribution in [0.2, 0.25) is 0 Å². The Morgan fingerprint density at radius 3 is 2.56 bits per heavy atom.